The Morgan fingerprint density at radius 1 is 1.03 bits per heavy atom. The molecule has 1 aliphatic carbocycles. The molecule has 0 spiro atoms. The van der Waals surface area contributed by atoms with Crippen LogP contribution in [0.15, 0.2) is 33.4 Å². The number of hydrogen-bond donors (Lipinski definition) is 2. The monoisotopic (exact) mass is 542 g/mol. The molecule has 0 saturated carbocycles. The van der Waals surface area contributed by atoms with Gasteiger partial charge in [0.2, 0.25) is 11.8 Å². The maximum Gasteiger partial charge on any atom is 0.331 e. The second-order valence-corrected chi connectivity index (χ2v) is 9.95. The maximum absolute atomic E-state index is 13.5. The van der Waals surface area contributed by atoms with E-state index < -0.39 is 11.2 Å². The first-order chi connectivity index (χ1) is 18.9. The Bertz CT molecular complexity index is 1340. The normalized spacial score (nSPS) is 17.1. The number of amides is 2. The number of hydrogen-bond acceptors (Lipinski definition) is 7. The van der Waals surface area contributed by atoms with Gasteiger partial charge in [-0.25, -0.2) is 4.79 Å². The first kappa shape index (κ1) is 28.4. The highest BCUT2D eigenvalue weighted by molar-refractivity contribution is 5.84. The van der Waals surface area contributed by atoms with Crippen molar-refractivity contribution in [3.63, 3.8) is 0 Å². The number of carbonyl (C=O) groups excluding carboxylic acids is 2. The fraction of sp³-hybridized carbons (Fsp3) is 0.571. The predicted octanol–water partition coefficient (Wildman–Crippen LogP) is 1.87. The van der Waals surface area contributed by atoms with Crippen LogP contribution in [0.5, 0.6) is 11.5 Å². The third-order valence-electron chi connectivity index (χ3n) is 7.30. The Morgan fingerprint density at radius 3 is 2.51 bits per heavy atom. The van der Waals surface area contributed by atoms with Gasteiger partial charge in [0.1, 0.15) is 6.54 Å². The first-order valence-corrected chi connectivity index (χ1v) is 13.6. The molecule has 2 aliphatic rings. The van der Waals surface area contributed by atoms with Crippen LogP contribution in [-0.2, 0) is 27.4 Å². The number of ether oxygens (including phenoxy) is 3. The molecule has 1 fully saturated rings. The highest BCUT2D eigenvalue weighted by Gasteiger charge is 2.20. The molecule has 2 aromatic rings. The van der Waals surface area contributed by atoms with Gasteiger partial charge in [0.15, 0.2) is 11.5 Å². The topological polar surface area (TPSA) is 130 Å². The number of carbonyl (C=O) groups is 2. The van der Waals surface area contributed by atoms with E-state index >= 15 is 0 Å². The molecule has 2 amide bonds. The van der Waals surface area contributed by atoms with Gasteiger partial charge >= 0.3 is 5.69 Å². The van der Waals surface area contributed by atoms with Crippen molar-refractivity contribution in [2.45, 2.75) is 70.6 Å². The summed E-state index contributed by atoms with van der Waals surface area (Å²) in [5.74, 6) is 0.0152. The van der Waals surface area contributed by atoms with Crippen molar-refractivity contribution in [1.29, 1.82) is 0 Å². The van der Waals surface area contributed by atoms with Crippen LogP contribution in [0.25, 0.3) is 10.9 Å². The minimum Gasteiger partial charge on any atom is -0.493 e. The molecular formula is C28H38N4O7. The van der Waals surface area contributed by atoms with E-state index in [4.69, 9.17) is 14.2 Å². The average molecular weight is 543 g/mol. The third kappa shape index (κ3) is 7.08. The number of fused-ring (bicyclic) bond motifs is 1. The SMILES string of the molecule is COc1cc2c(=O)n(CCC(=O)NC[C@H]3CCCO3)c(=O)n(CC(=O)NCCC3=CCCCC3)c2cc1OC. The quantitative estimate of drug-likeness (QED) is 0.392. The van der Waals surface area contributed by atoms with Crippen LogP contribution in [-0.4, -0.2) is 61.0 Å². The Labute approximate surface area is 227 Å². The molecule has 1 aromatic heterocycles. The van der Waals surface area contributed by atoms with E-state index in [-0.39, 0.29) is 48.3 Å². The van der Waals surface area contributed by atoms with Gasteiger partial charge in [0.05, 0.1) is 31.2 Å². The molecule has 1 aliphatic heterocycles. The Balaban J connectivity index is 1.56. The van der Waals surface area contributed by atoms with Crippen LogP contribution in [0.3, 0.4) is 0 Å². The molecule has 2 N–H and O–H groups in total. The second kappa shape index (κ2) is 13.5. The lowest BCUT2D eigenvalue weighted by Crippen LogP contribution is -2.43. The molecular weight excluding hydrogens is 504 g/mol. The Hall–Kier alpha value is -3.60. The van der Waals surface area contributed by atoms with Crippen LogP contribution in [0.4, 0.5) is 0 Å². The second-order valence-electron chi connectivity index (χ2n) is 9.95. The molecule has 0 bridgehead atoms. The van der Waals surface area contributed by atoms with E-state index in [1.807, 2.05) is 0 Å². The molecule has 11 heteroatoms. The van der Waals surface area contributed by atoms with Gasteiger partial charge in [0, 0.05) is 38.7 Å². The largest absolute Gasteiger partial charge is 0.493 e. The molecule has 0 unspecified atom stereocenters. The van der Waals surface area contributed by atoms with Crippen LogP contribution < -0.4 is 31.4 Å². The molecule has 1 saturated heterocycles. The van der Waals surface area contributed by atoms with Crippen LogP contribution in [0.1, 0.15) is 51.4 Å². The van der Waals surface area contributed by atoms with E-state index in [1.54, 1.807) is 0 Å². The summed E-state index contributed by atoms with van der Waals surface area (Å²) < 4.78 is 18.5. The van der Waals surface area contributed by atoms with E-state index in [1.165, 1.54) is 49.3 Å². The van der Waals surface area contributed by atoms with Gasteiger partial charge in [-0.15, -0.1) is 0 Å². The third-order valence-corrected chi connectivity index (χ3v) is 7.30. The van der Waals surface area contributed by atoms with Crippen molar-refractivity contribution >= 4 is 22.7 Å². The average Bonchev–Trinajstić information content (AvgIpc) is 3.48. The molecule has 0 radical (unpaired) electrons. The fourth-order valence-electron chi connectivity index (χ4n) is 5.12. The number of nitrogens with zero attached hydrogens (tertiary/aromatic N) is 2. The van der Waals surface area contributed by atoms with Crippen molar-refractivity contribution in [2.75, 3.05) is 33.9 Å². The van der Waals surface area contributed by atoms with Gasteiger partial charge in [-0.05, 0) is 51.0 Å². The minimum atomic E-state index is -0.670. The highest BCUT2D eigenvalue weighted by Crippen LogP contribution is 2.30. The smallest absolute Gasteiger partial charge is 0.331 e. The molecule has 11 nitrogen and oxygen atoms in total. The lowest BCUT2D eigenvalue weighted by molar-refractivity contribution is -0.122. The molecule has 1 aromatic carbocycles. The van der Waals surface area contributed by atoms with Gasteiger partial charge < -0.3 is 24.8 Å². The highest BCUT2D eigenvalue weighted by atomic mass is 16.5. The molecule has 4 rings (SSSR count). The number of allylic oxidation sites excluding steroid dienone is 1. The first-order valence-electron chi connectivity index (χ1n) is 13.6. The molecule has 212 valence electrons. The van der Waals surface area contributed by atoms with Crippen LogP contribution >= 0.6 is 0 Å². The zero-order valence-corrected chi connectivity index (χ0v) is 22.8. The summed E-state index contributed by atoms with van der Waals surface area (Å²) in [5, 5.41) is 5.89. The van der Waals surface area contributed by atoms with Crippen molar-refractivity contribution in [3.8, 4) is 11.5 Å². The predicted molar refractivity (Wildman–Crippen MR) is 146 cm³/mol. The summed E-state index contributed by atoms with van der Waals surface area (Å²) in [5.41, 5.74) is 0.361. The van der Waals surface area contributed by atoms with Crippen molar-refractivity contribution < 1.29 is 23.8 Å². The standard InChI is InChI=1S/C28H38N4O7/c1-37-23-15-21-22(16-24(23)38-2)32(18-26(34)29-12-10-19-7-4-3-5-8-19)28(36)31(27(21)35)13-11-25(33)30-17-20-9-6-14-39-20/h7,15-16,20H,3-6,8-14,17-18H2,1-2H3,(H,29,34)(H,30,33)/t20-/m1/s1. The summed E-state index contributed by atoms with van der Waals surface area (Å²) in [6.45, 7) is 1.14. The fourth-order valence-corrected chi connectivity index (χ4v) is 5.12. The minimum absolute atomic E-state index is 0.00932. The van der Waals surface area contributed by atoms with E-state index in [0.717, 1.165) is 36.7 Å². The van der Waals surface area contributed by atoms with E-state index in [2.05, 4.69) is 16.7 Å². The summed E-state index contributed by atoms with van der Waals surface area (Å²) in [7, 11) is 2.90. The number of benzene rings is 1. The van der Waals surface area contributed by atoms with Gasteiger partial charge in [-0.3, -0.25) is 23.5 Å². The van der Waals surface area contributed by atoms with Crippen molar-refractivity contribution in [2.24, 2.45) is 0 Å². The Kier molecular flexibility index (Phi) is 9.80. The van der Waals surface area contributed by atoms with Crippen molar-refractivity contribution in [1.82, 2.24) is 19.8 Å². The lowest BCUT2D eigenvalue weighted by Gasteiger charge is -2.17. The Morgan fingerprint density at radius 2 is 1.82 bits per heavy atom. The van der Waals surface area contributed by atoms with Crippen LogP contribution in [0.2, 0.25) is 0 Å². The molecule has 2 heterocycles. The molecule has 39 heavy (non-hydrogen) atoms. The zero-order chi connectivity index (χ0) is 27.8. The lowest BCUT2D eigenvalue weighted by atomic mass is 9.97. The van der Waals surface area contributed by atoms with Gasteiger partial charge in [-0.1, -0.05) is 11.6 Å². The molecule has 1 atom stereocenters. The summed E-state index contributed by atoms with van der Waals surface area (Å²) in [6.07, 6.45) is 9.27. The summed E-state index contributed by atoms with van der Waals surface area (Å²) in [6, 6.07) is 3.02. The number of methoxy groups -OCH3 is 2. The summed E-state index contributed by atoms with van der Waals surface area (Å²) in [4.78, 5) is 52.2. The van der Waals surface area contributed by atoms with Gasteiger partial charge in [0.25, 0.3) is 5.56 Å². The number of rotatable bonds is 12. The van der Waals surface area contributed by atoms with E-state index in [0.29, 0.717) is 31.2 Å². The zero-order valence-electron chi connectivity index (χ0n) is 22.8. The van der Waals surface area contributed by atoms with E-state index in [9.17, 15) is 19.2 Å². The number of nitrogens with one attached hydrogen (secondary N) is 2. The summed E-state index contributed by atoms with van der Waals surface area (Å²) >= 11 is 0. The maximum atomic E-state index is 13.5. The number of aromatic nitrogens is 2. The van der Waals surface area contributed by atoms with Gasteiger partial charge in [-0.2, -0.15) is 0 Å². The van der Waals surface area contributed by atoms with Crippen molar-refractivity contribution in [3.05, 3.63) is 44.6 Å². The van der Waals surface area contributed by atoms with Crippen LogP contribution in [0, 0.1) is 0 Å².